The molecule has 0 aromatic heterocycles. The first-order chi connectivity index (χ1) is 9.04. The van der Waals surface area contributed by atoms with Crippen molar-refractivity contribution < 1.29 is 0 Å². The first-order valence-electron chi connectivity index (χ1n) is 6.54. The number of halogens is 1. The molecule has 0 heterocycles. The zero-order valence-corrected chi connectivity index (χ0v) is 13.5. The zero-order chi connectivity index (χ0) is 14.0. The van der Waals surface area contributed by atoms with Crippen molar-refractivity contribution in [2.24, 2.45) is 0 Å². The lowest BCUT2D eigenvalue weighted by Crippen LogP contribution is -2.20. The number of hydrogen-bond donors (Lipinski definition) is 1. The molecule has 100 valence electrons. The number of aryl methyl sites for hydroxylation is 2. The topological polar surface area (TPSA) is 12.0 Å². The molecule has 0 saturated carbocycles. The van der Waals surface area contributed by atoms with Gasteiger partial charge in [0.15, 0.2) is 0 Å². The van der Waals surface area contributed by atoms with Crippen LogP contribution in [-0.4, -0.2) is 7.05 Å². The van der Waals surface area contributed by atoms with Crippen molar-refractivity contribution in [1.82, 2.24) is 5.32 Å². The molecule has 2 aromatic rings. The van der Waals surface area contributed by atoms with Gasteiger partial charge in [0.25, 0.3) is 0 Å². The van der Waals surface area contributed by atoms with E-state index in [0.717, 1.165) is 4.47 Å². The Morgan fingerprint density at radius 1 is 0.947 bits per heavy atom. The highest BCUT2D eigenvalue weighted by molar-refractivity contribution is 9.10. The maximum Gasteiger partial charge on any atom is 0.0579 e. The summed E-state index contributed by atoms with van der Waals surface area (Å²) in [7, 11) is 2.02. The fourth-order valence-corrected chi connectivity index (χ4v) is 3.00. The summed E-state index contributed by atoms with van der Waals surface area (Å²) in [6.45, 7) is 6.53. The van der Waals surface area contributed by atoms with E-state index in [9.17, 15) is 0 Å². The molecule has 0 spiro atoms. The van der Waals surface area contributed by atoms with Gasteiger partial charge in [-0.25, -0.2) is 0 Å². The van der Waals surface area contributed by atoms with E-state index >= 15 is 0 Å². The molecule has 2 rings (SSSR count). The number of nitrogens with one attached hydrogen (secondary N) is 1. The molecule has 2 aromatic carbocycles. The molecular weight excluding hydrogens is 298 g/mol. The van der Waals surface area contributed by atoms with Crippen LogP contribution in [0.3, 0.4) is 0 Å². The van der Waals surface area contributed by atoms with E-state index in [1.165, 1.54) is 27.8 Å². The van der Waals surface area contributed by atoms with Gasteiger partial charge in [0.2, 0.25) is 0 Å². The van der Waals surface area contributed by atoms with Gasteiger partial charge in [0, 0.05) is 4.47 Å². The summed E-state index contributed by atoms with van der Waals surface area (Å²) >= 11 is 3.53. The fourth-order valence-electron chi connectivity index (χ4n) is 2.53. The summed E-state index contributed by atoms with van der Waals surface area (Å²) in [6, 6.07) is 13.2. The van der Waals surface area contributed by atoms with Gasteiger partial charge >= 0.3 is 0 Å². The fraction of sp³-hybridized carbons (Fsp3) is 0.294. The van der Waals surface area contributed by atoms with E-state index in [2.05, 4.69) is 78.4 Å². The van der Waals surface area contributed by atoms with Crippen molar-refractivity contribution >= 4 is 15.9 Å². The molecule has 1 nitrogen and oxygen atoms in total. The van der Waals surface area contributed by atoms with Crippen LogP contribution in [0.1, 0.15) is 33.9 Å². The standard InChI is InChI=1S/C17H20BrN/c1-11-6-5-7-16(13(11)3)17(19-4)15-9-8-14(18)10-12(15)2/h5-10,17,19H,1-4H3. The third kappa shape index (κ3) is 2.90. The van der Waals surface area contributed by atoms with E-state index in [0.29, 0.717) is 0 Å². The SMILES string of the molecule is CNC(c1ccc(Br)cc1C)c1cccc(C)c1C. The summed E-state index contributed by atoms with van der Waals surface area (Å²) in [5.41, 5.74) is 6.69. The Labute approximate surface area is 124 Å². The molecular formula is C17H20BrN. The van der Waals surface area contributed by atoms with Crippen LogP contribution in [0.15, 0.2) is 40.9 Å². The highest BCUT2D eigenvalue weighted by Gasteiger charge is 2.16. The van der Waals surface area contributed by atoms with Gasteiger partial charge in [0.1, 0.15) is 0 Å². The van der Waals surface area contributed by atoms with Crippen LogP contribution in [0.25, 0.3) is 0 Å². The minimum absolute atomic E-state index is 0.244. The van der Waals surface area contributed by atoms with Crippen molar-refractivity contribution in [1.29, 1.82) is 0 Å². The second kappa shape index (κ2) is 5.89. The van der Waals surface area contributed by atoms with Crippen LogP contribution in [0.2, 0.25) is 0 Å². The molecule has 0 saturated heterocycles. The zero-order valence-electron chi connectivity index (χ0n) is 11.9. The normalized spacial score (nSPS) is 12.5. The molecule has 0 amide bonds. The van der Waals surface area contributed by atoms with Crippen molar-refractivity contribution in [3.8, 4) is 0 Å². The Hall–Kier alpha value is -1.12. The van der Waals surface area contributed by atoms with Gasteiger partial charge < -0.3 is 5.32 Å². The molecule has 0 radical (unpaired) electrons. The second-order valence-electron chi connectivity index (χ2n) is 5.01. The summed E-state index contributed by atoms with van der Waals surface area (Å²) in [5, 5.41) is 3.45. The molecule has 19 heavy (non-hydrogen) atoms. The van der Waals surface area contributed by atoms with E-state index < -0.39 is 0 Å². The molecule has 0 aliphatic carbocycles. The lowest BCUT2D eigenvalue weighted by atomic mass is 9.90. The summed E-state index contributed by atoms with van der Waals surface area (Å²) in [6.07, 6.45) is 0. The van der Waals surface area contributed by atoms with E-state index in [1.807, 2.05) is 7.05 Å². The lowest BCUT2D eigenvalue weighted by molar-refractivity contribution is 0.682. The van der Waals surface area contributed by atoms with Crippen LogP contribution in [0, 0.1) is 20.8 Å². The molecule has 0 aliphatic rings. The number of rotatable bonds is 3. The first-order valence-corrected chi connectivity index (χ1v) is 7.33. The van der Waals surface area contributed by atoms with Gasteiger partial charge in [-0.15, -0.1) is 0 Å². The van der Waals surface area contributed by atoms with Gasteiger partial charge in [-0.05, 0) is 67.8 Å². The molecule has 1 atom stereocenters. The molecule has 1 N–H and O–H groups in total. The Balaban J connectivity index is 2.53. The van der Waals surface area contributed by atoms with Gasteiger partial charge in [-0.3, -0.25) is 0 Å². The largest absolute Gasteiger partial charge is 0.309 e. The summed E-state index contributed by atoms with van der Waals surface area (Å²) in [5.74, 6) is 0. The highest BCUT2D eigenvalue weighted by atomic mass is 79.9. The Morgan fingerprint density at radius 2 is 1.68 bits per heavy atom. The highest BCUT2D eigenvalue weighted by Crippen LogP contribution is 2.29. The minimum Gasteiger partial charge on any atom is -0.309 e. The van der Waals surface area contributed by atoms with Crippen LogP contribution in [-0.2, 0) is 0 Å². The van der Waals surface area contributed by atoms with Crippen LogP contribution in [0.4, 0.5) is 0 Å². The second-order valence-corrected chi connectivity index (χ2v) is 5.93. The maximum atomic E-state index is 3.53. The van der Waals surface area contributed by atoms with Crippen LogP contribution in [0.5, 0.6) is 0 Å². The average molecular weight is 318 g/mol. The van der Waals surface area contributed by atoms with E-state index in [1.54, 1.807) is 0 Å². The Morgan fingerprint density at radius 3 is 2.32 bits per heavy atom. The lowest BCUT2D eigenvalue weighted by Gasteiger charge is -2.22. The van der Waals surface area contributed by atoms with Gasteiger partial charge in [-0.2, -0.15) is 0 Å². The maximum absolute atomic E-state index is 3.53. The summed E-state index contributed by atoms with van der Waals surface area (Å²) < 4.78 is 1.13. The third-order valence-corrected chi connectivity index (χ3v) is 4.28. The van der Waals surface area contributed by atoms with Gasteiger partial charge in [-0.1, -0.05) is 40.2 Å². The Kier molecular flexibility index (Phi) is 4.43. The van der Waals surface area contributed by atoms with Crippen molar-refractivity contribution in [2.75, 3.05) is 7.05 Å². The quantitative estimate of drug-likeness (QED) is 0.866. The predicted octanol–water partition coefficient (Wildman–Crippen LogP) is 4.68. The summed E-state index contributed by atoms with van der Waals surface area (Å²) in [4.78, 5) is 0. The Bertz CT molecular complexity index is 590. The molecule has 1 unspecified atom stereocenters. The molecule has 0 aliphatic heterocycles. The third-order valence-electron chi connectivity index (χ3n) is 3.79. The van der Waals surface area contributed by atoms with Crippen molar-refractivity contribution in [3.63, 3.8) is 0 Å². The number of benzene rings is 2. The number of hydrogen-bond acceptors (Lipinski definition) is 1. The molecule has 0 fully saturated rings. The molecule has 0 bridgehead atoms. The van der Waals surface area contributed by atoms with Crippen LogP contribution >= 0.6 is 15.9 Å². The minimum atomic E-state index is 0.244. The van der Waals surface area contributed by atoms with E-state index in [4.69, 9.17) is 0 Å². The predicted molar refractivity (Wildman–Crippen MR) is 85.7 cm³/mol. The van der Waals surface area contributed by atoms with Crippen molar-refractivity contribution in [3.05, 3.63) is 68.7 Å². The van der Waals surface area contributed by atoms with E-state index in [-0.39, 0.29) is 6.04 Å². The van der Waals surface area contributed by atoms with Crippen LogP contribution < -0.4 is 5.32 Å². The average Bonchev–Trinajstić information content (AvgIpc) is 2.37. The smallest absolute Gasteiger partial charge is 0.0579 e. The molecule has 2 heteroatoms. The van der Waals surface area contributed by atoms with Gasteiger partial charge in [0.05, 0.1) is 6.04 Å². The monoisotopic (exact) mass is 317 g/mol. The van der Waals surface area contributed by atoms with Crippen molar-refractivity contribution in [2.45, 2.75) is 26.8 Å². The first kappa shape index (κ1) is 14.3.